The molecule has 0 atom stereocenters. The van der Waals surface area contributed by atoms with E-state index in [1.165, 1.54) is 43.5 Å². The highest BCUT2D eigenvalue weighted by Crippen LogP contribution is 2.23. The molecule has 0 aliphatic carbocycles. The minimum Gasteiger partial charge on any atom is -0.356 e. The largest absolute Gasteiger partial charge is 0.356 e. The van der Waals surface area contributed by atoms with Crippen LogP contribution >= 0.6 is 15.9 Å². The van der Waals surface area contributed by atoms with E-state index in [1.807, 2.05) is 6.20 Å². The number of halogens is 1. The highest BCUT2D eigenvalue weighted by molar-refractivity contribution is 9.10. The number of nitrogens with zero attached hydrogens (tertiary/aromatic N) is 2. The summed E-state index contributed by atoms with van der Waals surface area (Å²) in [4.78, 5) is 7.00. The average molecular weight is 283 g/mol. The van der Waals surface area contributed by atoms with Crippen LogP contribution in [-0.2, 0) is 0 Å². The molecule has 0 spiro atoms. The Labute approximate surface area is 106 Å². The van der Waals surface area contributed by atoms with Gasteiger partial charge in [0.05, 0.1) is 0 Å². The van der Waals surface area contributed by atoms with Crippen LogP contribution in [0.2, 0.25) is 0 Å². The van der Waals surface area contributed by atoms with Gasteiger partial charge in [0.1, 0.15) is 5.82 Å². The minimum absolute atomic E-state index is 1.07. The molecule has 1 aliphatic rings. The molecule has 0 aromatic carbocycles. The maximum atomic E-state index is 4.55. The van der Waals surface area contributed by atoms with Gasteiger partial charge in [-0.1, -0.05) is 19.3 Å². The topological polar surface area (TPSA) is 16.1 Å². The Balaban J connectivity index is 2.14. The lowest BCUT2D eigenvalue weighted by molar-refractivity contribution is 0.553. The zero-order chi connectivity index (χ0) is 11.4. The molecule has 1 fully saturated rings. The van der Waals surface area contributed by atoms with Crippen molar-refractivity contribution in [3.05, 3.63) is 22.3 Å². The first kappa shape index (κ1) is 11.9. The molecule has 0 unspecified atom stereocenters. The number of hydrogen-bond donors (Lipinski definition) is 0. The van der Waals surface area contributed by atoms with E-state index in [4.69, 9.17) is 0 Å². The third kappa shape index (κ3) is 2.97. The van der Waals surface area contributed by atoms with E-state index in [-0.39, 0.29) is 0 Å². The smallest absolute Gasteiger partial charge is 0.131 e. The van der Waals surface area contributed by atoms with Gasteiger partial charge in [-0.2, -0.15) is 0 Å². The predicted molar refractivity (Wildman–Crippen MR) is 72.0 cm³/mol. The molecular formula is C13H19BrN2. The van der Waals surface area contributed by atoms with Crippen LogP contribution in [0.4, 0.5) is 5.82 Å². The molecule has 1 aromatic heterocycles. The molecule has 0 bridgehead atoms. The van der Waals surface area contributed by atoms with Gasteiger partial charge in [-0.3, -0.25) is 0 Å². The fourth-order valence-electron chi connectivity index (χ4n) is 2.32. The molecule has 3 heteroatoms. The van der Waals surface area contributed by atoms with Gasteiger partial charge in [0.25, 0.3) is 0 Å². The van der Waals surface area contributed by atoms with Crippen LogP contribution in [0.3, 0.4) is 0 Å². The van der Waals surface area contributed by atoms with Crippen molar-refractivity contribution < 1.29 is 0 Å². The van der Waals surface area contributed by atoms with Gasteiger partial charge in [-0.15, -0.1) is 0 Å². The van der Waals surface area contributed by atoms with Crippen LogP contribution in [0.25, 0.3) is 0 Å². The quantitative estimate of drug-likeness (QED) is 0.776. The predicted octanol–water partition coefficient (Wildman–Crippen LogP) is 3.92. The monoisotopic (exact) mass is 282 g/mol. The number of rotatable bonds is 1. The van der Waals surface area contributed by atoms with E-state index in [1.54, 1.807) is 0 Å². The second-order valence-electron chi connectivity index (χ2n) is 4.55. The summed E-state index contributed by atoms with van der Waals surface area (Å²) in [5.41, 5.74) is 1.27. The third-order valence-electron chi connectivity index (χ3n) is 3.17. The lowest BCUT2D eigenvalue weighted by Gasteiger charge is -2.27. The van der Waals surface area contributed by atoms with Crippen molar-refractivity contribution in [3.8, 4) is 0 Å². The van der Waals surface area contributed by atoms with Gasteiger partial charge >= 0.3 is 0 Å². The van der Waals surface area contributed by atoms with Gasteiger partial charge in [-0.25, -0.2) is 4.98 Å². The van der Waals surface area contributed by atoms with E-state index in [2.05, 4.69) is 38.8 Å². The van der Waals surface area contributed by atoms with E-state index < -0.39 is 0 Å². The lowest BCUT2D eigenvalue weighted by Crippen LogP contribution is -2.28. The molecule has 0 amide bonds. The van der Waals surface area contributed by atoms with Crippen LogP contribution in [0, 0.1) is 6.92 Å². The standard InChI is InChI=1S/C13H19BrN2/c1-11-9-12(14)10-15-13(11)16-7-5-3-2-4-6-8-16/h9-10H,2-8H2,1H3. The molecule has 2 heterocycles. The van der Waals surface area contributed by atoms with Crippen molar-refractivity contribution in [3.63, 3.8) is 0 Å². The van der Waals surface area contributed by atoms with Crippen molar-refractivity contribution in [1.29, 1.82) is 0 Å². The van der Waals surface area contributed by atoms with Crippen LogP contribution < -0.4 is 4.90 Å². The summed E-state index contributed by atoms with van der Waals surface area (Å²) in [5.74, 6) is 1.17. The van der Waals surface area contributed by atoms with Crippen molar-refractivity contribution in [2.45, 2.75) is 39.0 Å². The number of anilines is 1. The first-order valence-corrected chi connectivity index (χ1v) is 6.94. The fraction of sp³-hybridized carbons (Fsp3) is 0.615. The summed E-state index contributed by atoms with van der Waals surface area (Å²) in [5, 5.41) is 0. The summed E-state index contributed by atoms with van der Waals surface area (Å²) in [6, 6.07) is 2.15. The Hall–Kier alpha value is -0.570. The van der Waals surface area contributed by atoms with E-state index in [0.29, 0.717) is 0 Å². The second kappa shape index (κ2) is 5.67. The van der Waals surface area contributed by atoms with Crippen LogP contribution in [0.5, 0.6) is 0 Å². The molecule has 1 aliphatic heterocycles. The SMILES string of the molecule is Cc1cc(Br)cnc1N1CCCCCCC1. The number of aryl methyl sites for hydroxylation is 1. The molecule has 0 N–H and O–H groups in total. The third-order valence-corrected chi connectivity index (χ3v) is 3.61. The van der Waals surface area contributed by atoms with Crippen molar-refractivity contribution in [2.75, 3.05) is 18.0 Å². The van der Waals surface area contributed by atoms with Crippen molar-refractivity contribution in [2.24, 2.45) is 0 Å². The Morgan fingerprint density at radius 3 is 2.38 bits per heavy atom. The highest BCUT2D eigenvalue weighted by Gasteiger charge is 2.12. The molecule has 1 aromatic rings. The molecular weight excluding hydrogens is 264 g/mol. The highest BCUT2D eigenvalue weighted by atomic mass is 79.9. The molecule has 0 radical (unpaired) electrons. The normalized spacial score (nSPS) is 18.0. The summed E-state index contributed by atoms with van der Waals surface area (Å²) in [6.45, 7) is 4.47. The maximum Gasteiger partial charge on any atom is 0.131 e. The first-order chi connectivity index (χ1) is 7.77. The maximum absolute atomic E-state index is 4.55. The van der Waals surface area contributed by atoms with Gasteiger partial charge in [0.2, 0.25) is 0 Å². The van der Waals surface area contributed by atoms with Crippen LogP contribution in [0.15, 0.2) is 16.7 Å². The number of pyridine rings is 1. The summed E-state index contributed by atoms with van der Waals surface area (Å²) in [6.07, 6.45) is 8.65. The van der Waals surface area contributed by atoms with Crippen molar-refractivity contribution >= 4 is 21.7 Å². The van der Waals surface area contributed by atoms with Crippen LogP contribution in [0.1, 0.15) is 37.7 Å². The molecule has 88 valence electrons. The van der Waals surface area contributed by atoms with Crippen LogP contribution in [-0.4, -0.2) is 18.1 Å². The zero-order valence-corrected chi connectivity index (χ0v) is 11.5. The zero-order valence-electron chi connectivity index (χ0n) is 9.88. The Morgan fingerprint density at radius 2 is 1.75 bits per heavy atom. The summed E-state index contributed by atoms with van der Waals surface area (Å²) in [7, 11) is 0. The van der Waals surface area contributed by atoms with Gasteiger partial charge in [-0.05, 0) is 47.3 Å². The van der Waals surface area contributed by atoms with Gasteiger partial charge in [0.15, 0.2) is 0 Å². The van der Waals surface area contributed by atoms with Gasteiger partial charge in [0, 0.05) is 23.8 Å². The molecule has 0 saturated carbocycles. The Bertz CT molecular complexity index is 344. The Morgan fingerprint density at radius 1 is 1.12 bits per heavy atom. The van der Waals surface area contributed by atoms with E-state index >= 15 is 0 Å². The number of hydrogen-bond acceptors (Lipinski definition) is 2. The Kier molecular flexibility index (Phi) is 4.22. The van der Waals surface area contributed by atoms with Crippen molar-refractivity contribution in [1.82, 2.24) is 4.98 Å². The molecule has 1 saturated heterocycles. The fourth-order valence-corrected chi connectivity index (χ4v) is 2.77. The van der Waals surface area contributed by atoms with Gasteiger partial charge < -0.3 is 4.90 Å². The lowest BCUT2D eigenvalue weighted by atomic mass is 10.1. The summed E-state index contributed by atoms with van der Waals surface area (Å²) < 4.78 is 1.07. The number of aromatic nitrogens is 1. The average Bonchev–Trinajstić information content (AvgIpc) is 2.19. The second-order valence-corrected chi connectivity index (χ2v) is 5.46. The molecule has 2 nitrogen and oxygen atoms in total. The van der Waals surface area contributed by atoms with E-state index in [9.17, 15) is 0 Å². The molecule has 2 rings (SSSR count). The minimum atomic E-state index is 1.07. The molecule has 16 heavy (non-hydrogen) atoms. The summed E-state index contributed by atoms with van der Waals surface area (Å²) >= 11 is 3.47. The first-order valence-electron chi connectivity index (χ1n) is 6.14. The van der Waals surface area contributed by atoms with E-state index in [0.717, 1.165) is 17.6 Å².